The molecule has 0 aliphatic heterocycles. The molecular weight excluding hydrogens is 373 g/mol. The first-order valence-corrected chi connectivity index (χ1v) is 7.97. The van der Waals surface area contributed by atoms with Gasteiger partial charge in [-0.3, -0.25) is 0 Å². The van der Waals surface area contributed by atoms with Crippen molar-refractivity contribution in [2.45, 2.75) is 24.9 Å². The molecule has 0 bridgehead atoms. The van der Waals surface area contributed by atoms with Gasteiger partial charge in [0.25, 0.3) is 0 Å². The molecule has 0 aliphatic rings. The molecule has 108 valence electrons. The molecule has 20 heavy (non-hydrogen) atoms. The van der Waals surface area contributed by atoms with E-state index in [1.165, 1.54) is 17.4 Å². The molecule has 1 aromatic carbocycles. The van der Waals surface area contributed by atoms with E-state index in [0.717, 1.165) is 22.2 Å². The Morgan fingerprint density at radius 3 is 2.50 bits per heavy atom. The zero-order valence-corrected chi connectivity index (χ0v) is 13.6. The summed E-state index contributed by atoms with van der Waals surface area (Å²) in [5.74, 6) is 0. The van der Waals surface area contributed by atoms with Crippen LogP contribution in [0.15, 0.2) is 34.8 Å². The number of hydrogen-bond acceptors (Lipinski definition) is 1. The minimum Gasteiger partial charge on any atom is -0.166 e. The van der Waals surface area contributed by atoms with Crippen molar-refractivity contribution in [3.05, 3.63) is 55.7 Å². The third-order valence-corrected chi connectivity index (χ3v) is 5.26. The van der Waals surface area contributed by atoms with Gasteiger partial charge in [-0.05, 0) is 36.2 Å². The molecule has 1 heterocycles. The van der Waals surface area contributed by atoms with Crippen LogP contribution in [-0.2, 0) is 12.6 Å². The average molecular weight is 384 g/mol. The van der Waals surface area contributed by atoms with E-state index in [1.807, 2.05) is 13.0 Å². The first kappa shape index (κ1) is 15.9. The van der Waals surface area contributed by atoms with Crippen molar-refractivity contribution in [1.29, 1.82) is 0 Å². The second kappa shape index (κ2) is 6.08. The summed E-state index contributed by atoms with van der Waals surface area (Å²) < 4.78 is 39.7. The number of aryl methyl sites for hydroxylation is 1. The van der Waals surface area contributed by atoms with Crippen LogP contribution in [0.5, 0.6) is 0 Å². The van der Waals surface area contributed by atoms with E-state index < -0.39 is 17.1 Å². The van der Waals surface area contributed by atoms with Crippen LogP contribution in [0, 0.1) is 0 Å². The van der Waals surface area contributed by atoms with E-state index in [2.05, 4.69) is 15.9 Å². The number of thiophene rings is 1. The fourth-order valence-corrected chi connectivity index (χ4v) is 3.58. The second-order valence-electron chi connectivity index (χ2n) is 4.25. The van der Waals surface area contributed by atoms with E-state index in [-0.39, 0.29) is 5.56 Å². The van der Waals surface area contributed by atoms with E-state index in [9.17, 15) is 13.2 Å². The molecule has 0 saturated heterocycles. The predicted octanol–water partition coefficient (Wildman–Crippen LogP) is 6.42. The van der Waals surface area contributed by atoms with Gasteiger partial charge in [-0.15, -0.1) is 22.9 Å². The maximum absolute atomic E-state index is 13.1. The molecule has 0 amide bonds. The molecule has 0 nitrogen and oxygen atoms in total. The Morgan fingerprint density at radius 1 is 1.25 bits per heavy atom. The lowest BCUT2D eigenvalue weighted by Crippen LogP contribution is -2.10. The average Bonchev–Trinajstić information content (AvgIpc) is 2.85. The first-order chi connectivity index (χ1) is 9.32. The summed E-state index contributed by atoms with van der Waals surface area (Å²) in [5, 5.41) is -0.787. The van der Waals surface area contributed by atoms with E-state index in [1.54, 1.807) is 12.1 Å². The van der Waals surface area contributed by atoms with Crippen LogP contribution in [0.25, 0.3) is 0 Å². The zero-order chi connectivity index (χ0) is 14.9. The molecule has 1 atom stereocenters. The van der Waals surface area contributed by atoms with Gasteiger partial charge >= 0.3 is 6.18 Å². The van der Waals surface area contributed by atoms with Crippen molar-refractivity contribution in [2.75, 3.05) is 0 Å². The third kappa shape index (κ3) is 3.38. The van der Waals surface area contributed by atoms with Gasteiger partial charge in [0, 0.05) is 14.2 Å². The summed E-state index contributed by atoms with van der Waals surface area (Å²) in [5.41, 5.74) is -0.606. The summed E-state index contributed by atoms with van der Waals surface area (Å²) in [7, 11) is 0. The number of halogens is 5. The van der Waals surface area contributed by atoms with E-state index in [0.29, 0.717) is 4.47 Å². The van der Waals surface area contributed by atoms with Crippen molar-refractivity contribution in [2.24, 2.45) is 0 Å². The number of benzene rings is 1. The molecule has 2 rings (SSSR count). The fourth-order valence-electron chi connectivity index (χ4n) is 1.87. The highest BCUT2D eigenvalue weighted by Crippen LogP contribution is 2.42. The van der Waals surface area contributed by atoms with Crippen LogP contribution >= 0.6 is 38.9 Å². The van der Waals surface area contributed by atoms with Crippen LogP contribution in [0.2, 0.25) is 0 Å². The molecule has 1 unspecified atom stereocenters. The highest BCUT2D eigenvalue weighted by atomic mass is 79.9. The summed E-state index contributed by atoms with van der Waals surface area (Å²) >= 11 is 10.8. The molecule has 0 aliphatic carbocycles. The van der Waals surface area contributed by atoms with Crippen LogP contribution in [0.1, 0.15) is 33.2 Å². The monoisotopic (exact) mass is 382 g/mol. The van der Waals surface area contributed by atoms with Gasteiger partial charge < -0.3 is 0 Å². The maximum atomic E-state index is 13.1. The van der Waals surface area contributed by atoms with Gasteiger partial charge in [0.1, 0.15) is 0 Å². The van der Waals surface area contributed by atoms with Gasteiger partial charge in [0.2, 0.25) is 0 Å². The molecule has 0 spiro atoms. The lowest BCUT2D eigenvalue weighted by molar-refractivity contribution is -0.138. The normalized spacial score (nSPS) is 13.5. The zero-order valence-electron chi connectivity index (χ0n) is 10.5. The summed E-state index contributed by atoms with van der Waals surface area (Å²) in [6.07, 6.45) is -3.57. The van der Waals surface area contributed by atoms with Crippen molar-refractivity contribution in [3.8, 4) is 0 Å². The van der Waals surface area contributed by atoms with Gasteiger partial charge in [-0.25, -0.2) is 0 Å². The van der Waals surface area contributed by atoms with Crippen molar-refractivity contribution in [1.82, 2.24) is 0 Å². The topological polar surface area (TPSA) is 0 Å². The van der Waals surface area contributed by atoms with Crippen LogP contribution in [0.3, 0.4) is 0 Å². The van der Waals surface area contributed by atoms with Crippen molar-refractivity contribution in [3.63, 3.8) is 0 Å². The van der Waals surface area contributed by atoms with Crippen molar-refractivity contribution < 1.29 is 13.2 Å². The Labute approximate surface area is 132 Å². The van der Waals surface area contributed by atoms with E-state index >= 15 is 0 Å². The SMILES string of the molecule is CCc1ccc(C(Cl)c2ccc(Br)cc2C(F)(F)F)s1. The minimum absolute atomic E-state index is 0.0897. The Morgan fingerprint density at radius 2 is 1.95 bits per heavy atom. The quantitative estimate of drug-likeness (QED) is 0.536. The van der Waals surface area contributed by atoms with Crippen LogP contribution in [-0.4, -0.2) is 0 Å². The highest BCUT2D eigenvalue weighted by Gasteiger charge is 2.35. The molecule has 0 saturated carbocycles. The standard InChI is InChI=1S/C14H11BrClF3S/c1-2-9-4-6-12(20-9)13(16)10-5-3-8(15)7-11(10)14(17,18)19/h3-7,13H,2H2,1H3. The maximum Gasteiger partial charge on any atom is 0.416 e. The molecule has 0 N–H and O–H groups in total. The highest BCUT2D eigenvalue weighted by molar-refractivity contribution is 9.10. The number of rotatable bonds is 3. The Kier molecular flexibility index (Phi) is 4.82. The minimum atomic E-state index is -4.42. The Balaban J connectivity index is 2.46. The smallest absolute Gasteiger partial charge is 0.166 e. The molecular formula is C14H11BrClF3S. The molecule has 6 heteroatoms. The summed E-state index contributed by atoms with van der Waals surface area (Å²) in [6.45, 7) is 2.00. The third-order valence-electron chi connectivity index (χ3n) is 2.87. The molecule has 0 fully saturated rings. The van der Waals surface area contributed by atoms with Gasteiger partial charge in [0.15, 0.2) is 0 Å². The van der Waals surface area contributed by atoms with Gasteiger partial charge in [-0.2, -0.15) is 13.2 Å². The predicted molar refractivity (Wildman–Crippen MR) is 80.5 cm³/mol. The lowest BCUT2D eigenvalue weighted by atomic mass is 10.0. The number of hydrogen-bond donors (Lipinski definition) is 0. The first-order valence-electron chi connectivity index (χ1n) is 5.92. The largest absolute Gasteiger partial charge is 0.416 e. The molecule has 1 aromatic heterocycles. The molecule has 2 aromatic rings. The summed E-state index contributed by atoms with van der Waals surface area (Å²) in [6, 6.07) is 7.77. The number of alkyl halides is 4. The fraction of sp³-hybridized carbons (Fsp3) is 0.286. The lowest BCUT2D eigenvalue weighted by Gasteiger charge is -2.16. The Hall–Kier alpha value is -0.520. The van der Waals surface area contributed by atoms with Gasteiger partial charge in [-0.1, -0.05) is 28.9 Å². The van der Waals surface area contributed by atoms with Crippen LogP contribution in [0.4, 0.5) is 13.2 Å². The van der Waals surface area contributed by atoms with Crippen LogP contribution < -0.4 is 0 Å². The summed E-state index contributed by atoms with van der Waals surface area (Å²) in [4.78, 5) is 1.84. The second-order valence-corrected chi connectivity index (χ2v) is 6.80. The van der Waals surface area contributed by atoms with Gasteiger partial charge in [0.05, 0.1) is 10.9 Å². The van der Waals surface area contributed by atoms with Crippen molar-refractivity contribution >= 4 is 38.9 Å². The molecule has 0 radical (unpaired) electrons. The van der Waals surface area contributed by atoms with E-state index in [4.69, 9.17) is 11.6 Å². The Bertz CT molecular complexity index is 607.